The van der Waals surface area contributed by atoms with E-state index in [-0.39, 0.29) is 11.6 Å². The van der Waals surface area contributed by atoms with Gasteiger partial charge < -0.3 is 66.3 Å². The van der Waals surface area contributed by atoms with E-state index in [1.165, 1.54) is 34.4 Å². The summed E-state index contributed by atoms with van der Waals surface area (Å²) in [6, 6.07) is 0. The van der Waals surface area contributed by atoms with E-state index in [2.05, 4.69) is 29.9 Å². The van der Waals surface area contributed by atoms with E-state index in [1.807, 2.05) is 0 Å². The zero-order valence-corrected chi connectivity index (χ0v) is 22.7. The highest BCUT2D eigenvalue weighted by molar-refractivity contribution is 7.45. The third-order valence-corrected chi connectivity index (χ3v) is 6.36. The maximum atomic E-state index is 9.95. The number of ether oxygens (including phenoxy) is 2. The Morgan fingerprint density at radius 2 is 1.02 bits per heavy atom. The monoisotopic (exact) mass is 632 g/mol. The van der Waals surface area contributed by atoms with Gasteiger partial charge in [-0.3, -0.25) is 9.13 Å². The Kier molecular flexibility index (Phi) is 9.80. The first-order chi connectivity index (χ1) is 20.3. The van der Waals surface area contributed by atoms with Gasteiger partial charge in [0, 0.05) is 0 Å². The Balaban J connectivity index is 0.000000171. The van der Waals surface area contributed by atoms with Crippen molar-refractivity contribution in [3.63, 3.8) is 0 Å². The normalized spacial score (nSPS) is 28.9. The first-order valence-electron chi connectivity index (χ1n) is 12.2. The van der Waals surface area contributed by atoms with Crippen LogP contribution in [0.4, 0.5) is 11.6 Å². The molecule has 2 saturated heterocycles. The van der Waals surface area contributed by atoms with E-state index >= 15 is 0 Å². The van der Waals surface area contributed by atoms with Gasteiger partial charge in [0.05, 0.1) is 25.9 Å². The van der Waals surface area contributed by atoms with Crippen molar-refractivity contribution in [3.8, 4) is 0 Å². The summed E-state index contributed by atoms with van der Waals surface area (Å²) in [5.74, 6) is 0.436. The number of aromatic nitrogens is 8. The van der Waals surface area contributed by atoms with Crippen LogP contribution in [-0.4, -0.2) is 134 Å². The number of aliphatic hydroxyl groups is 6. The Hall–Kier alpha value is -3.51. The average molecular weight is 632 g/mol. The zero-order valence-electron chi connectivity index (χ0n) is 21.8. The number of nitrogens with two attached hydrogens (primary N) is 2. The number of phosphoric acid groups is 1. The molecular weight excluding hydrogens is 603 g/mol. The fourth-order valence-electron chi connectivity index (χ4n) is 4.33. The van der Waals surface area contributed by atoms with Crippen molar-refractivity contribution in [2.45, 2.75) is 49.1 Å². The lowest BCUT2D eigenvalue weighted by atomic mass is 10.1. The molecule has 13 N–H and O–H groups in total. The molecule has 0 saturated carbocycles. The van der Waals surface area contributed by atoms with Gasteiger partial charge in [-0.15, -0.1) is 0 Å². The smallest absolute Gasteiger partial charge is 0.394 e. The van der Waals surface area contributed by atoms with Crippen LogP contribution in [0, 0.1) is 0 Å². The molecule has 4 aromatic rings. The summed E-state index contributed by atoms with van der Waals surface area (Å²) in [5, 5.41) is 57.5. The maximum Gasteiger partial charge on any atom is 0.466 e. The molecule has 0 radical (unpaired) electrons. The van der Waals surface area contributed by atoms with Crippen LogP contribution in [0.15, 0.2) is 25.3 Å². The van der Waals surface area contributed by atoms with Crippen molar-refractivity contribution in [1.82, 2.24) is 39.0 Å². The van der Waals surface area contributed by atoms with Crippen LogP contribution in [0.1, 0.15) is 12.5 Å². The van der Waals surface area contributed by atoms with E-state index in [4.69, 9.17) is 50.4 Å². The summed E-state index contributed by atoms with van der Waals surface area (Å²) >= 11 is 0. The number of nitrogens with zero attached hydrogens (tertiary/aromatic N) is 8. The number of anilines is 2. The van der Waals surface area contributed by atoms with Gasteiger partial charge in [-0.25, -0.2) is 34.5 Å². The Morgan fingerprint density at radius 1 is 0.674 bits per heavy atom. The Bertz CT molecular complexity index is 1470. The summed E-state index contributed by atoms with van der Waals surface area (Å²) in [4.78, 5) is 45.3. The quantitative estimate of drug-likeness (QED) is 0.0939. The molecule has 4 aromatic heterocycles. The van der Waals surface area contributed by atoms with E-state index in [0.29, 0.717) is 22.3 Å². The van der Waals surface area contributed by atoms with Crippen LogP contribution >= 0.6 is 7.82 Å². The first-order valence-corrected chi connectivity index (χ1v) is 13.7. The molecule has 6 heterocycles. The van der Waals surface area contributed by atoms with Gasteiger partial charge in [-0.05, 0) is 0 Å². The fourth-order valence-corrected chi connectivity index (χ4v) is 4.33. The van der Waals surface area contributed by atoms with Gasteiger partial charge in [0.15, 0.2) is 35.4 Å². The molecule has 0 spiro atoms. The highest BCUT2D eigenvalue weighted by Crippen LogP contribution is 2.33. The second-order valence-corrected chi connectivity index (χ2v) is 10.2. The lowest BCUT2D eigenvalue weighted by Gasteiger charge is -2.16. The average Bonchev–Trinajstić information content (AvgIpc) is 3.70. The van der Waals surface area contributed by atoms with Crippen molar-refractivity contribution in [1.29, 1.82) is 0 Å². The molecule has 0 aromatic carbocycles. The van der Waals surface area contributed by atoms with Crippen LogP contribution in [0.25, 0.3) is 22.3 Å². The minimum atomic E-state index is -4.64. The predicted molar refractivity (Wildman–Crippen MR) is 140 cm³/mol. The minimum absolute atomic E-state index is 0.218. The van der Waals surface area contributed by atoms with E-state index in [9.17, 15) is 20.4 Å². The lowest BCUT2D eigenvalue weighted by Crippen LogP contribution is -2.33. The molecule has 236 valence electrons. The van der Waals surface area contributed by atoms with Crippen LogP contribution in [0.3, 0.4) is 0 Å². The van der Waals surface area contributed by atoms with E-state index in [1.54, 1.807) is 0 Å². The number of nitrogen functional groups attached to an aromatic ring is 2. The molecule has 0 amide bonds. The van der Waals surface area contributed by atoms with Gasteiger partial charge in [-0.1, -0.05) is 0 Å². The number of hydrogen-bond donors (Lipinski definition) is 11. The second kappa shape index (κ2) is 13.0. The van der Waals surface area contributed by atoms with E-state index in [0.717, 1.165) is 0 Å². The molecule has 0 unspecified atom stereocenters. The molecule has 43 heavy (non-hydrogen) atoms. The molecule has 6 rings (SSSR count). The standard InChI is InChI=1S/2C10H13N5O4.H3O4P/c2*11-8-5-9(13-2-12-8)15(3-14-5)10-7(18)6(17)4(1-16)19-10;1-5(2,3)4/h2*2-4,6-7,10,16-18H,1H2,(H2,11,12,13);(H3,1,2,3,4)/t2*4-,6-,7-,10-;/m11./s1. The second-order valence-electron chi connectivity index (χ2n) is 9.14. The number of hydrogen-bond acceptors (Lipinski definition) is 17. The topological polar surface area (TPSA) is 357 Å². The molecule has 23 heteroatoms. The molecule has 0 aliphatic carbocycles. The van der Waals surface area contributed by atoms with Gasteiger partial charge in [-0.2, -0.15) is 0 Å². The summed E-state index contributed by atoms with van der Waals surface area (Å²) in [6.45, 7) is -0.781. The number of imidazole rings is 2. The third kappa shape index (κ3) is 6.85. The molecule has 22 nitrogen and oxygen atoms in total. The number of aliphatic hydroxyl groups excluding tert-OH is 6. The summed E-state index contributed by atoms with van der Waals surface area (Å²) in [5.41, 5.74) is 12.9. The van der Waals surface area contributed by atoms with Crippen molar-refractivity contribution in [2.75, 3.05) is 24.7 Å². The number of rotatable bonds is 4. The van der Waals surface area contributed by atoms with Gasteiger partial charge in [0.25, 0.3) is 0 Å². The largest absolute Gasteiger partial charge is 0.466 e. The highest BCUT2D eigenvalue weighted by atomic mass is 31.2. The molecule has 2 aliphatic heterocycles. The van der Waals surface area contributed by atoms with Crippen LogP contribution < -0.4 is 11.5 Å². The van der Waals surface area contributed by atoms with Crippen molar-refractivity contribution in [3.05, 3.63) is 25.3 Å². The van der Waals surface area contributed by atoms with Crippen molar-refractivity contribution < 1.29 is 59.4 Å². The first kappa shape index (κ1) is 32.4. The van der Waals surface area contributed by atoms with Crippen LogP contribution in [0.5, 0.6) is 0 Å². The summed E-state index contributed by atoms with van der Waals surface area (Å²) in [7, 11) is -4.64. The van der Waals surface area contributed by atoms with Crippen molar-refractivity contribution >= 4 is 41.8 Å². The molecule has 2 aliphatic rings. The van der Waals surface area contributed by atoms with Gasteiger partial charge in [0.1, 0.15) is 60.3 Å². The zero-order chi connectivity index (χ0) is 31.6. The molecular formula is C20H29N10O12P. The minimum Gasteiger partial charge on any atom is -0.394 e. The number of fused-ring (bicyclic) bond motifs is 2. The Morgan fingerprint density at radius 3 is 1.33 bits per heavy atom. The van der Waals surface area contributed by atoms with Crippen LogP contribution in [-0.2, 0) is 14.0 Å². The van der Waals surface area contributed by atoms with Crippen molar-refractivity contribution in [2.24, 2.45) is 0 Å². The highest BCUT2D eigenvalue weighted by Gasteiger charge is 2.45. The summed E-state index contributed by atoms with van der Waals surface area (Å²) in [6.07, 6.45) is -2.85. The molecule has 2 fully saturated rings. The third-order valence-electron chi connectivity index (χ3n) is 6.36. The fraction of sp³-hybridized carbons (Fsp3) is 0.500. The lowest BCUT2D eigenvalue weighted by molar-refractivity contribution is -0.0511. The maximum absolute atomic E-state index is 9.95. The van der Waals surface area contributed by atoms with E-state index < -0.39 is 70.1 Å². The Labute approximate surface area is 239 Å². The molecule has 0 bridgehead atoms. The predicted octanol–water partition coefficient (Wildman–Crippen LogP) is -4.89. The molecule has 8 atom stereocenters. The SMILES string of the molecule is Nc1ncnc2c1ncn2[C@@H]1O[C@H](CO)[C@@H](O)[C@H]1O.Nc1ncnc2c1ncn2[C@@H]1O[C@H](CO)[C@@H](O)[C@H]1O.O=P(O)(O)O. The van der Waals surface area contributed by atoms with Gasteiger partial charge in [0.2, 0.25) is 0 Å². The van der Waals surface area contributed by atoms with Crippen LogP contribution in [0.2, 0.25) is 0 Å². The summed E-state index contributed by atoms with van der Waals surface area (Å²) < 4.78 is 22.6. The van der Waals surface area contributed by atoms with Gasteiger partial charge >= 0.3 is 7.82 Å².